The van der Waals surface area contributed by atoms with Crippen molar-refractivity contribution < 1.29 is 0 Å². The van der Waals surface area contributed by atoms with Gasteiger partial charge in [0.2, 0.25) is 0 Å². The zero-order valence-corrected chi connectivity index (χ0v) is 27.1. The maximum atomic E-state index is 5.11. The van der Waals surface area contributed by atoms with E-state index in [1.165, 1.54) is 16.3 Å². The number of nitrogens with zero attached hydrogens (tertiary/aromatic N) is 4. The SMILES string of the molecule is c1ccc(-c2cc(-c3ccc(-c4nc(-c5ccccc5)c5ccccc5n4)cc3)nc(-c3ccc(-c4cccc5ccccc45)cc3)n2)cc1. The molecular weight excluding hydrogens is 609 g/mol. The van der Waals surface area contributed by atoms with Gasteiger partial charge in [-0.2, -0.15) is 0 Å². The lowest BCUT2D eigenvalue weighted by Gasteiger charge is -2.12. The van der Waals surface area contributed by atoms with Crippen LogP contribution in [-0.4, -0.2) is 19.9 Å². The Bertz CT molecular complexity index is 2610. The Morgan fingerprint density at radius 3 is 1.50 bits per heavy atom. The number of rotatable bonds is 6. The number of aromatic nitrogens is 4. The average molecular weight is 639 g/mol. The summed E-state index contributed by atoms with van der Waals surface area (Å²) in [6, 6.07) is 62.7. The molecule has 4 heteroatoms. The van der Waals surface area contributed by atoms with Crippen molar-refractivity contribution in [3.63, 3.8) is 0 Å². The molecule has 0 fully saturated rings. The Kier molecular flexibility index (Phi) is 7.45. The van der Waals surface area contributed by atoms with E-state index >= 15 is 0 Å². The first-order chi connectivity index (χ1) is 24.8. The Balaban J connectivity index is 1.10. The van der Waals surface area contributed by atoms with Gasteiger partial charge in [0, 0.05) is 33.2 Å². The second kappa shape index (κ2) is 12.7. The smallest absolute Gasteiger partial charge is 0.160 e. The van der Waals surface area contributed by atoms with E-state index < -0.39 is 0 Å². The summed E-state index contributed by atoms with van der Waals surface area (Å²) in [5.41, 5.74) is 10.9. The first-order valence-electron chi connectivity index (χ1n) is 16.7. The molecule has 0 aliphatic heterocycles. The molecule has 50 heavy (non-hydrogen) atoms. The molecule has 0 atom stereocenters. The number of hydrogen-bond acceptors (Lipinski definition) is 4. The molecule has 0 aliphatic rings. The highest BCUT2D eigenvalue weighted by Gasteiger charge is 2.14. The Morgan fingerprint density at radius 2 is 0.800 bits per heavy atom. The van der Waals surface area contributed by atoms with Crippen LogP contribution in [0, 0.1) is 0 Å². The van der Waals surface area contributed by atoms with Gasteiger partial charge in [-0.1, -0.05) is 170 Å². The molecule has 4 nitrogen and oxygen atoms in total. The van der Waals surface area contributed by atoms with Gasteiger partial charge in [0.25, 0.3) is 0 Å². The molecule has 7 aromatic carbocycles. The quantitative estimate of drug-likeness (QED) is 0.182. The maximum Gasteiger partial charge on any atom is 0.160 e. The van der Waals surface area contributed by atoms with Gasteiger partial charge in [-0.3, -0.25) is 0 Å². The van der Waals surface area contributed by atoms with Crippen molar-refractivity contribution in [2.75, 3.05) is 0 Å². The van der Waals surface area contributed by atoms with Gasteiger partial charge in [-0.25, -0.2) is 19.9 Å². The predicted molar refractivity (Wildman–Crippen MR) is 205 cm³/mol. The topological polar surface area (TPSA) is 51.6 Å². The van der Waals surface area contributed by atoms with E-state index in [-0.39, 0.29) is 0 Å². The number of para-hydroxylation sites is 1. The lowest BCUT2D eigenvalue weighted by atomic mass is 9.97. The summed E-state index contributed by atoms with van der Waals surface area (Å²) < 4.78 is 0. The fraction of sp³-hybridized carbons (Fsp3) is 0. The van der Waals surface area contributed by atoms with Crippen LogP contribution in [0.2, 0.25) is 0 Å². The van der Waals surface area contributed by atoms with E-state index in [0.717, 1.165) is 61.4 Å². The van der Waals surface area contributed by atoms with Gasteiger partial charge < -0.3 is 0 Å². The standard InChI is InChI=1S/C46H30N4/c1-3-13-33(14-4-1)42-30-43(49-45(48-42)36-26-22-32(23-27-36)39-20-11-17-31-12-7-8-18-38(31)39)34-24-28-37(29-25-34)46-47-41-21-10-9-19-40(41)44(50-46)35-15-5-2-6-16-35/h1-30H. The third-order valence-corrected chi connectivity index (χ3v) is 9.13. The molecule has 0 amide bonds. The molecule has 2 heterocycles. The van der Waals surface area contributed by atoms with E-state index in [0.29, 0.717) is 11.6 Å². The Morgan fingerprint density at radius 1 is 0.300 bits per heavy atom. The average Bonchev–Trinajstić information content (AvgIpc) is 3.21. The molecule has 0 radical (unpaired) electrons. The van der Waals surface area contributed by atoms with Crippen molar-refractivity contribution in [3.8, 4) is 67.7 Å². The van der Waals surface area contributed by atoms with Gasteiger partial charge in [0.05, 0.1) is 22.6 Å². The van der Waals surface area contributed by atoms with Crippen molar-refractivity contribution in [2.24, 2.45) is 0 Å². The zero-order valence-electron chi connectivity index (χ0n) is 27.1. The molecule has 0 saturated carbocycles. The molecule has 2 aromatic heterocycles. The summed E-state index contributed by atoms with van der Waals surface area (Å²) in [6.07, 6.45) is 0. The van der Waals surface area contributed by atoms with Crippen LogP contribution in [0.1, 0.15) is 0 Å². The molecular formula is C46H30N4. The molecule has 0 spiro atoms. The summed E-state index contributed by atoms with van der Waals surface area (Å²) in [5.74, 6) is 1.37. The van der Waals surface area contributed by atoms with Crippen LogP contribution in [-0.2, 0) is 0 Å². The number of benzene rings is 7. The fourth-order valence-corrected chi connectivity index (χ4v) is 6.57. The molecule has 0 unspecified atom stereocenters. The maximum absolute atomic E-state index is 5.11. The van der Waals surface area contributed by atoms with E-state index in [4.69, 9.17) is 19.9 Å². The summed E-state index contributed by atoms with van der Waals surface area (Å²) in [6.45, 7) is 0. The highest BCUT2D eigenvalue weighted by atomic mass is 14.9. The third-order valence-electron chi connectivity index (χ3n) is 9.13. The van der Waals surface area contributed by atoms with Crippen LogP contribution >= 0.6 is 0 Å². The summed E-state index contributed by atoms with van der Waals surface area (Å²) in [4.78, 5) is 20.2. The van der Waals surface area contributed by atoms with Crippen LogP contribution in [0.5, 0.6) is 0 Å². The predicted octanol–water partition coefficient (Wildman–Crippen LogP) is 11.6. The lowest BCUT2D eigenvalue weighted by Crippen LogP contribution is -1.97. The lowest BCUT2D eigenvalue weighted by molar-refractivity contribution is 1.18. The summed E-state index contributed by atoms with van der Waals surface area (Å²) >= 11 is 0. The normalized spacial score (nSPS) is 11.2. The second-order valence-electron chi connectivity index (χ2n) is 12.3. The van der Waals surface area contributed by atoms with Crippen molar-refractivity contribution in [1.82, 2.24) is 19.9 Å². The summed E-state index contributed by atoms with van der Waals surface area (Å²) in [5, 5.41) is 3.50. The Labute approximate surface area is 290 Å². The molecule has 0 saturated heterocycles. The van der Waals surface area contributed by atoms with Crippen LogP contribution < -0.4 is 0 Å². The van der Waals surface area contributed by atoms with Crippen LogP contribution in [0.25, 0.3) is 89.4 Å². The third kappa shape index (κ3) is 5.59. The van der Waals surface area contributed by atoms with Gasteiger partial charge in [-0.05, 0) is 34.0 Å². The molecule has 234 valence electrons. The minimum atomic E-state index is 0.681. The molecule has 0 bridgehead atoms. The largest absolute Gasteiger partial charge is 0.228 e. The first kappa shape index (κ1) is 29.4. The van der Waals surface area contributed by atoms with E-state index in [2.05, 4.69) is 127 Å². The Hall–Kier alpha value is -6.78. The highest BCUT2D eigenvalue weighted by molar-refractivity contribution is 5.97. The zero-order chi connectivity index (χ0) is 33.3. The number of hydrogen-bond donors (Lipinski definition) is 0. The molecule has 9 aromatic rings. The van der Waals surface area contributed by atoms with Crippen LogP contribution in [0.15, 0.2) is 182 Å². The summed E-state index contributed by atoms with van der Waals surface area (Å²) in [7, 11) is 0. The minimum Gasteiger partial charge on any atom is -0.228 e. The molecule has 0 N–H and O–H groups in total. The van der Waals surface area contributed by atoms with Gasteiger partial charge in [-0.15, -0.1) is 0 Å². The van der Waals surface area contributed by atoms with Crippen molar-refractivity contribution in [3.05, 3.63) is 182 Å². The minimum absolute atomic E-state index is 0.681. The fourth-order valence-electron chi connectivity index (χ4n) is 6.57. The van der Waals surface area contributed by atoms with E-state index in [9.17, 15) is 0 Å². The molecule has 9 rings (SSSR count). The van der Waals surface area contributed by atoms with Crippen LogP contribution in [0.4, 0.5) is 0 Å². The number of fused-ring (bicyclic) bond motifs is 2. The van der Waals surface area contributed by atoms with Crippen molar-refractivity contribution >= 4 is 21.7 Å². The van der Waals surface area contributed by atoms with E-state index in [1.54, 1.807) is 0 Å². The first-order valence-corrected chi connectivity index (χ1v) is 16.7. The van der Waals surface area contributed by atoms with Gasteiger partial charge in [0.1, 0.15) is 0 Å². The second-order valence-corrected chi connectivity index (χ2v) is 12.3. The van der Waals surface area contributed by atoms with Crippen molar-refractivity contribution in [2.45, 2.75) is 0 Å². The van der Waals surface area contributed by atoms with Gasteiger partial charge >= 0.3 is 0 Å². The van der Waals surface area contributed by atoms with Crippen LogP contribution in [0.3, 0.4) is 0 Å². The van der Waals surface area contributed by atoms with Crippen molar-refractivity contribution in [1.29, 1.82) is 0 Å². The monoisotopic (exact) mass is 638 g/mol. The molecule has 0 aliphatic carbocycles. The highest BCUT2D eigenvalue weighted by Crippen LogP contribution is 2.33. The van der Waals surface area contributed by atoms with E-state index in [1.807, 2.05) is 54.6 Å². The van der Waals surface area contributed by atoms with Gasteiger partial charge in [0.15, 0.2) is 11.6 Å².